The highest BCUT2D eigenvalue weighted by molar-refractivity contribution is 6.30. The highest BCUT2D eigenvalue weighted by Crippen LogP contribution is 2.17. The smallest absolute Gasteiger partial charge is 0.220 e. The van der Waals surface area contributed by atoms with Crippen molar-refractivity contribution >= 4 is 23.3 Å². The molecule has 0 aliphatic rings. The van der Waals surface area contributed by atoms with Gasteiger partial charge in [-0.3, -0.25) is 9.36 Å². The molecule has 2 N–H and O–H groups in total. The van der Waals surface area contributed by atoms with Gasteiger partial charge in [-0.15, -0.1) is 0 Å². The van der Waals surface area contributed by atoms with Gasteiger partial charge in [0.05, 0.1) is 5.02 Å². The van der Waals surface area contributed by atoms with Crippen LogP contribution in [-0.4, -0.2) is 38.5 Å². The molecule has 1 aromatic carbocycles. The van der Waals surface area contributed by atoms with E-state index in [1.807, 2.05) is 23.8 Å². The molecule has 3 aromatic rings. The summed E-state index contributed by atoms with van der Waals surface area (Å²) in [5.74, 6) is 1.67. The van der Waals surface area contributed by atoms with Gasteiger partial charge in [-0.1, -0.05) is 17.7 Å². The van der Waals surface area contributed by atoms with Gasteiger partial charge in [0.25, 0.3) is 0 Å². The molecule has 0 saturated heterocycles. The summed E-state index contributed by atoms with van der Waals surface area (Å²) in [4.78, 5) is 24.5. The number of carbonyl (C=O) groups is 1. The number of anilines is 1. The summed E-state index contributed by atoms with van der Waals surface area (Å²) in [6.07, 6.45) is 5.82. The summed E-state index contributed by atoms with van der Waals surface area (Å²) in [6, 6.07) is 6.29. The van der Waals surface area contributed by atoms with E-state index in [0.717, 1.165) is 17.2 Å². The van der Waals surface area contributed by atoms with Gasteiger partial charge in [-0.2, -0.15) is 0 Å². The molecule has 0 spiro atoms. The maximum atomic E-state index is 13.1. The lowest BCUT2D eigenvalue weighted by Crippen LogP contribution is -2.29. The zero-order chi connectivity index (χ0) is 19.9. The van der Waals surface area contributed by atoms with Gasteiger partial charge < -0.3 is 10.6 Å². The van der Waals surface area contributed by atoms with E-state index in [2.05, 4.69) is 25.6 Å². The molecule has 0 saturated carbocycles. The molecule has 3 rings (SSSR count). The Morgan fingerprint density at radius 3 is 2.82 bits per heavy atom. The number of rotatable bonds is 8. The Morgan fingerprint density at radius 2 is 2.07 bits per heavy atom. The molecular formula is C19H20ClFN6O. The number of amides is 1. The molecule has 0 radical (unpaired) electrons. The molecule has 0 unspecified atom stereocenters. The SMILES string of the molecule is Cc1nccn1-c1cc(NCCNC(=O)CCc2ccc(F)c(Cl)c2)ncn1. The molecule has 2 heterocycles. The zero-order valence-corrected chi connectivity index (χ0v) is 16.1. The normalized spacial score (nSPS) is 10.7. The van der Waals surface area contributed by atoms with Crippen molar-refractivity contribution in [1.29, 1.82) is 0 Å². The van der Waals surface area contributed by atoms with E-state index in [-0.39, 0.29) is 10.9 Å². The first-order chi connectivity index (χ1) is 13.5. The lowest BCUT2D eigenvalue weighted by Gasteiger charge is -2.09. The number of carbonyl (C=O) groups excluding carboxylic acids is 1. The third-order valence-electron chi connectivity index (χ3n) is 4.10. The monoisotopic (exact) mass is 402 g/mol. The number of imidazole rings is 1. The van der Waals surface area contributed by atoms with Crippen LogP contribution >= 0.6 is 11.6 Å². The van der Waals surface area contributed by atoms with Crippen LogP contribution in [0.25, 0.3) is 5.82 Å². The largest absolute Gasteiger partial charge is 0.368 e. The standard InChI is InChI=1S/C19H20ClFN6O/c1-13-22-8-9-27(13)18-11-17(25-12-26-18)23-6-7-24-19(28)5-3-14-2-4-16(21)15(20)10-14/h2,4,8-12H,3,5-7H2,1H3,(H,24,28)(H,23,25,26). The van der Waals surface area contributed by atoms with Crippen molar-refractivity contribution < 1.29 is 9.18 Å². The summed E-state index contributed by atoms with van der Waals surface area (Å²) >= 11 is 5.74. The summed E-state index contributed by atoms with van der Waals surface area (Å²) in [5, 5.41) is 6.05. The van der Waals surface area contributed by atoms with Crippen LogP contribution in [0.5, 0.6) is 0 Å². The average Bonchev–Trinajstić information content (AvgIpc) is 3.12. The zero-order valence-electron chi connectivity index (χ0n) is 15.3. The second-order valence-electron chi connectivity index (χ2n) is 6.13. The van der Waals surface area contributed by atoms with E-state index in [9.17, 15) is 9.18 Å². The Kier molecular flexibility index (Phi) is 6.54. The van der Waals surface area contributed by atoms with Crippen molar-refractivity contribution in [3.63, 3.8) is 0 Å². The number of hydrogen-bond donors (Lipinski definition) is 2. The second kappa shape index (κ2) is 9.27. The first-order valence-corrected chi connectivity index (χ1v) is 9.17. The van der Waals surface area contributed by atoms with Gasteiger partial charge in [-0.25, -0.2) is 19.3 Å². The molecule has 0 atom stereocenters. The summed E-state index contributed by atoms with van der Waals surface area (Å²) < 4.78 is 15.0. The van der Waals surface area contributed by atoms with Gasteiger partial charge in [0.2, 0.25) is 5.91 Å². The first-order valence-electron chi connectivity index (χ1n) is 8.80. The van der Waals surface area contributed by atoms with Crippen molar-refractivity contribution in [3.8, 4) is 5.82 Å². The number of aromatic nitrogens is 4. The number of benzene rings is 1. The summed E-state index contributed by atoms with van der Waals surface area (Å²) in [7, 11) is 0. The lowest BCUT2D eigenvalue weighted by molar-refractivity contribution is -0.120. The van der Waals surface area contributed by atoms with Crippen LogP contribution in [0.3, 0.4) is 0 Å². The Morgan fingerprint density at radius 1 is 1.21 bits per heavy atom. The molecule has 0 fully saturated rings. The Labute approximate surface area is 167 Å². The highest BCUT2D eigenvalue weighted by Gasteiger charge is 2.06. The third-order valence-corrected chi connectivity index (χ3v) is 4.39. The van der Waals surface area contributed by atoms with Gasteiger partial charge >= 0.3 is 0 Å². The van der Waals surface area contributed by atoms with Gasteiger partial charge in [-0.05, 0) is 31.0 Å². The molecule has 28 heavy (non-hydrogen) atoms. The molecule has 2 aromatic heterocycles. The van der Waals surface area contributed by atoms with E-state index in [4.69, 9.17) is 11.6 Å². The summed E-state index contributed by atoms with van der Waals surface area (Å²) in [6.45, 7) is 2.87. The van der Waals surface area contributed by atoms with Gasteiger partial charge in [0, 0.05) is 38.0 Å². The fourth-order valence-electron chi connectivity index (χ4n) is 2.63. The molecule has 9 heteroatoms. The molecule has 0 aliphatic heterocycles. The maximum absolute atomic E-state index is 13.1. The highest BCUT2D eigenvalue weighted by atomic mass is 35.5. The van der Waals surface area contributed by atoms with E-state index in [0.29, 0.717) is 31.7 Å². The van der Waals surface area contributed by atoms with Crippen LogP contribution < -0.4 is 10.6 Å². The Balaban J connectivity index is 1.41. The van der Waals surface area contributed by atoms with Gasteiger partial charge in [0.15, 0.2) is 0 Å². The van der Waals surface area contributed by atoms with E-state index in [1.54, 1.807) is 18.3 Å². The molecular weight excluding hydrogens is 383 g/mol. The minimum Gasteiger partial charge on any atom is -0.368 e. The van der Waals surface area contributed by atoms with Gasteiger partial charge in [0.1, 0.15) is 29.6 Å². The second-order valence-corrected chi connectivity index (χ2v) is 6.54. The third kappa shape index (κ3) is 5.26. The lowest BCUT2D eigenvalue weighted by atomic mass is 10.1. The molecule has 0 bridgehead atoms. The van der Waals surface area contributed by atoms with Crippen LogP contribution in [0.15, 0.2) is 43.0 Å². The molecule has 1 amide bonds. The predicted octanol–water partition coefficient (Wildman–Crippen LogP) is 2.92. The number of halogens is 2. The topological polar surface area (TPSA) is 84.7 Å². The van der Waals surface area contributed by atoms with E-state index >= 15 is 0 Å². The predicted molar refractivity (Wildman–Crippen MR) is 105 cm³/mol. The van der Waals surface area contributed by atoms with Crippen molar-refractivity contribution in [2.45, 2.75) is 19.8 Å². The van der Waals surface area contributed by atoms with Crippen LogP contribution in [0.1, 0.15) is 17.8 Å². The van der Waals surface area contributed by atoms with Crippen LogP contribution in [0, 0.1) is 12.7 Å². The maximum Gasteiger partial charge on any atom is 0.220 e. The quantitative estimate of drug-likeness (QED) is 0.566. The fourth-order valence-corrected chi connectivity index (χ4v) is 2.83. The van der Waals surface area contributed by atoms with Crippen molar-refractivity contribution in [1.82, 2.24) is 24.8 Å². The average molecular weight is 403 g/mol. The van der Waals surface area contributed by atoms with Crippen molar-refractivity contribution in [3.05, 3.63) is 65.2 Å². The van der Waals surface area contributed by atoms with Crippen LogP contribution in [0.4, 0.5) is 10.2 Å². The van der Waals surface area contributed by atoms with Crippen molar-refractivity contribution in [2.24, 2.45) is 0 Å². The fraction of sp³-hybridized carbons (Fsp3) is 0.263. The minimum absolute atomic E-state index is 0.0669. The van der Waals surface area contributed by atoms with E-state index < -0.39 is 5.82 Å². The minimum atomic E-state index is -0.461. The number of aryl methyl sites for hydroxylation is 2. The molecule has 7 nitrogen and oxygen atoms in total. The van der Waals surface area contributed by atoms with Crippen LogP contribution in [0.2, 0.25) is 5.02 Å². The Hall–Kier alpha value is -3.00. The molecule has 146 valence electrons. The van der Waals surface area contributed by atoms with E-state index in [1.165, 1.54) is 12.4 Å². The number of nitrogens with one attached hydrogen (secondary N) is 2. The first kappa shape index (κ1) is 19.8. The number of hydrogen-bond acceptors (Lipinski definition) is 5. The Bertz CT molecular complexity index is 961. The summed E-state index contributed by atoms with van der Waals surface area (Å²) in [5.41, 5.74) is 0.822. The van der Waals surface area contributed by atoms with Crippen molar-refractivity contribution in [2.75, 3.05) is 18.4 Å². The van der Waals surface area contributed by atoms with Crippen LogP contribution in [-0.2, 0) is 11.2 Å². The molecule has 0 aliphatic carbocycles. The number of nitrogens with zero attached hydrogens (tertiary/aromatic N) is 4.